The maximum absolute atomic E-state index is 5.79. The fourth-order valence-electron chi connectivity index (χ4n) is 2.77. The van der Waals surface area contributed by atoms with E-state index in [9.17, 15) is 0 Å². The maximum Gasteiger partial charge on any atom is 0.200 e. The number of unbranched alkanes of at least 4 members (excludes halogenated alkanes) is 2. The van der Waals surface area contributed by atoms with Gasteiger partial charge in [0.25, 0.3) is 0 Å². The predicted molar refractivity (Wildman–Crippen MR) is 104 cm³/mol. The van der Waals surface area contributed by atoms with Crippen molar-refractivity contribution >= 4 is 12.2 Å². The molecule has 0 saturated carbocycles. The molecule has 1 N–H and O–H groups in total. The average Bonchev–Trinajstić information content (AvgIpc) is 3.01. The van der Waals surface area contributed by atoms with Crippen LogP contribution in [0.5, 0.6) is 5.75 Å². The topological polar surface area (TPSA) is 42.8 Å². The number of aromatic amines is 1. The average molecular weight is 353 g/mol. The minimum atomic E-state index is 0.579. The van der Waals surface area contributed by atoms with Gasteiger partial charge < -0.3 is 4.74 Å². The zero-order valence-corrected chi connectivity index (χ0v) is 15.5. The third-order valence-corrected chi connectivity index (χ3v) is 4.44. The summed E-state index contributed by atoms with van der Waals surface area (Å²) >= 11 is 5.44. The lowest BCUT2D eigenvalue weighted by Gasteiger charge is -2.10. The van der Waals surface area contributed by atoms with E-state index in [-0.39, 0.29) is 0 Å². The van der Waals surface area contributed by atoms with Crippen molar-refractivity contribution in [3.8, 4) is 22.8 Å². The summed E-state index contributed by atoms with van der Waals surface area (Å²) in [6, 6.07) is 16.2. The number of H-pyrrole nitrogens is 1. The zero-order valence-electron chi connectivity index (χ0n) is 14.7. The van der Waals surface area contributed by atoms with Crippen LogP contribution in [0.1, 0.15) is 31.7 Å². The standard InChI is InChI=1S/C20H23N3OS/c1-3-4-7-14-24-17-12-10-16(11-13-17)23-19(21-22-20(23)25)18-9-6-5-8-15(18)2/h5-6,8-13H,3-4,7,14H2,1-2H3,(H,22,25). The van der Waals surface area contributed by atoms with Crippen LogP contribution in [0.4, 0.5) is 0 Å². The summed E-state index contributed by atoms with van der Waals surface area (Å²) < 4.78 is 8.32. The molecule has 0 aliphatic carbocycles. The van der Waals surface area contributed by atoms with E-state index >= 15 is 0 Å². The van der Waals surface area contributed by atoms with Gasteiger partial charge in [-0.25, -0.2) is 0 Å². The Kier molecular flexibility index (Phi) is 5.66. The monoisotopic (exact) mass is 353 g/mol. The van der Waals surface area contributed by atoms with Crippen LogP contribution in [0.15, 0.2) is 48.5 Å². The predicted octanol–water partition coefficient (Wildman–Crippen LogP) is 5.47. The Balaban J connectivity index is 1.87. The summed E-state index contributed by atoms with van der Waals surface area (Å²) in [6.45, 7) is 5.02. The molecule has 0 fully saturated rings. The second-order valence-corrected chi connectivity index (χ2v) is 6.44. The molecule has 0 bridgehead atoms. The van der Waals surface area contributed by atoms with Crippen molar-refractivity contribution < 1.29 is 4.74 Å². The van der Waals surface area contributed by atoms with E-state index in [1.807, 2.05) is 41.0 Å². The smallest absolute Gasteiger partial charge is 0.200 e. The highest BCUT2D eigenvalue weighted by Gasteiger charge is 2.12. The van der Waals surface area contributed by atoms with Crippen molar-refractivity contribution in [2.75, 3.05) is 6.61 Å². The number of benzene rings is 2. The molecule has 0 aliphatic rings. The number of aryl methyl sites for hydroxylation is 1. The molecule has 4 nitrogen and oxygen atoms in total. The number of nitrogens with zero attached hydrogens (tertiary/aromatic N) is 2. The molecule has 3 rings (SSSR count). The van der Waals surface area contributed by atoms with Crippen LogP contribution in [-0.2, 0) is 0 Å². The van der Waals surface area contributed by atoms with Gasteiger partial charge in [0.2, 0.25) is 0 Å². The lowest BCUT2D eigenvalue weighted by molar-refractivity contribution is 0.306. The van der Waals surface area contributed by atoms with Crippen molar-refractivity contribution in [3.05, 3.63) is 58.9 Å². The Labute approximate surface area is 153 Å². The molecule has 3 aromatic rings. The lowest BCUT2D eigenvalue weighted by Crippen LogP contribution is -2.00. The first kappa shape index (κ1) is 17.4. The molecule has 130 valence electrons. The normalized spacial score (nSPS) is 10.8. The van der Waals surface area contributed by atoms with Gasteiger partial charge in [-0.15, -0.1) is 0 Å². The summed E-state index contributed by atoms with van der Waals surface area (Å²) in [7, 11) is 0. The van der Waals surface area contributed by atoms with E-state index in [0.29, 0.717) is 4.77 Å². The Morgan fingerprint density at radius 3 is 2.56 bits per heavy atom. The van der Waals surface area contributed by atoms with Gasteiger partial charge >= 0.3 is 0 Å². The molecule has 2 aromatic carbocycles. The van der Waals surface area contributed by atoms with Gasteiger partial charge in [0.15, 0.2) is 10.6 Å². The molecule has 1 heterocycles. The zero-order chi connectivity index (χ0) is 17.6. The molecule has 0 unspecified atom stereocenters. The Bertz CT molecular complexity index is 880. The highest BCUT2D eigenvalue weighted by Crippen LogP contribution is 2.25. The summed E-state index contributed by atoms with van der Waals surface area (Å²) in [6.07, 6.45) is 3.48. The van der Waals surface area contributed by atoms with Crippen LogP contribution in [0.3, 0.4) is 0 Å². The molecule has 0 atom stereocenters. The molecular weight excluding hydrogens is 330 g/mol. The van der Waals surface area contributed by atoms with Crippen molar-refractivity contribution in [1.82, 2.24) is 14.8 Å². The van der Waals surface area contributed by atoms with Crippen LogP contribution in [0.2, 0.25) is 0 Å². The first-order valence-corrected chi connectivity index (χ1v) is 9.08. The highest BCUT2D eigenvalue weighted by atomic mass is 32.1. The largest absolute Gasteiger partial charge is 0.494 e. The molecule has 1 aromatic heterocycles. The summed E-state index contributed by atoms with van der Waals surface area (Å²) in [5, 5.41) is 7.34. The fourth-order valence-corrected chi connectivity index (χ4v) is 3.01. The number of ether oxygens (including phenoxy) is 1. The molecule has 5 heteroatoms. The molecular formula is C20H23N3OS. The van der Waals surface area contributed by atoms with E-state index in [1.54, 1.807) is 0 Å². The minimum Gasteiger partial charge on any atom is -0.494 e. The third kappa shape index (κ3) is 3.99. The number of aromatic nitrogens is 3. The van der Waals surface area contributed by atoms with E-state index < -0.39 is 0 Å². The lowest BCUT2D eigenvalue weighted by atomic mass is 10.1. The van der Waals surface area contributed by atoms with E-state index in [1.165, 1.54) is 12.8 Å². The SMILES string of the molecule is CCCCCOc1ccc(-n2c(-c3ccccc3C)n[nH]c2=S)cc1. The van der Waals surface area contributed by atoms with Gasteiger partial charge in [-0.1, -0.05) is 44.0 Å². The summed E-state index contributed by atoms with van der Waals surface area (Å²) in [4.78, 5) is 0. The van der Waals surface area contributed by atoms with E-state index in [2.05, 4.69) is 36.2 Å². The molecule has 25 heavy (non-hydrogen) atoms. The van der Waals surface area contributed by atoms with Gasteiger partial charge in [0, 0.05) is 5.56 Å². The fraction of sp³-hybridized carbons (Fsp3) is 0.300. The van der Waals surface area contributed by atoms with Crippen LogP contribution < -0.4 is 4.74 Å². The number of rotatable bonds is 7. The molecule has 0 aliphatic heterocycles. The van der Waals surface area contributed by atoms with Crippen LogP contribution in [0.25, 0.3) is 17.1 Å². The Morgan fingerprint density at radius 1 is 1.08 bits per heavy atom. The highest BCUT2D eigenvalue weighted by molar-refractivity contribution is 7.71. The van der Waals surface area contributed by atoms with Gasteiger partial charge in [-0.2, -0.15) is 5.10 Å². The Hall–Kier alpha value is -2.40. The van der Waals surface area contributed by atoms with E-state index in [0.717, 1.165) is 41.4 Å². The second kappa shape index (κ2) is 8.12. The van der Waals surface area contributed by atoms with Crippen LogP contribution in [0, 0.1) is 11.7 Å². The number of nitrogens with one attached hydrogen (secondary N) is 1. The van der Waals surface area contributed by atoms with Gasteiger partial charge in [-0.05, 0) is 55.4 Å². The van der Waals surface area contributed by atoms with Gasteiger partial charge in [0.05, 0.1) is 12.3 Å². The summed E-state index contributed by atoms with van der Waals surface area (Å²) in [5.74, 6) is 1.70. The maximum atomic E-state index is 5.79. The van der Waals surface area contributed by atoms with Gasteiger partial charge in [-0.3, -0.25) is 9.67 Å². The summed E-state index contributed by atoms with van der Waals surface area (Å²) in [5.41, 5.74) is 3.20. The number of hydrogen-bond donors (Lipinski definition) is 1. The van der Waals surface area contributed by atoms with Crippen LogP contribution >= 0.6 is 12.2 Å². The Morgan fingerprint density at radius 2 is 1.84 bits per heavy atom. The molecule has 0 spiro atoms. The minimum absolute atomic E-state index is 0.579. The first-order valence-electron chi connectivity index (χ1n) is 8.67. The van der Waals surface area contributed by atoms with E-state index in [4.69, 9.17) is 17.0 Å². The molecule has 0 amide bonds. The first-order chi connectivity index (χ1) is 12.2. The number of hydrogen-bond acceptors (Lipinski definition) is 3. The van der Waals surface area contributed by atoms with Crippen molar-refractivity contribution in [3.63, 3.8) is 0 Å². The van der Waals surface area contributed by atoms with Crippen molar-refractivity contribution in [2.24, 2.45) is 0 Å². The third-order valence-electron chi connectivity index (χ3n) is 4.17. The van der Waals surface area contributed by atoms with Crippen LogP contribution in [-0.4, -0.2) is 21.4 Å². The quantitative estimate of drug-likeness (QED) is 0.452. The van der Waals surface area contributed by atoms with Crippen molar-refractivity contribution in [2.45, 2.75) is 33.1 Å². The van der Waals surface area contributed by atoms with Gasteiger partial charge in [0.1, 0.15) is 5.75 Å². The second-order valence-electron chi connectivity index (χ2n) is 6.05. The molecule has 0 saturated heterocycles. The molecule has 0 radical (unpaired) electrons. The van der Waals surface area contributed by atoms with Crippen molar-refractivity contribution in [1.29, 1.82) is 0 Å².